The Labute approximate surface area is 65.7 Å². The average molecular weight is 150 g/mol. The van der Waals surface area contributed by atoms with Gasteiger partial charge < -0.3 is 4.84 Å². The third-order valence-corrected chi connectivity index (χ3v) is 1.33. The van der Waals surface area contributed by atoms with E-state index in [0.29, 0.717) is 0 Å². The van der Waals surface area contributed by atoms with Gasteiger partial charge in [0.15, 0.2) is 0 Å². The Morgan fingerprint density at radius 3 is 2.64 bits per heavy atom. The second kappa shape index (κ2) is 3.71. The van der Waals surface area contributed by atoms with E-state index in [1.54, 1.807) is 12.4 Å². The van der Waals surface area contributed by atoms with E-state index >= 15 is 0 Å². The van der Waals surface area contributed by atoms with E-state index in [1.165, 1.54) is 7.11 Å². The zero-order valence-electron chi connectivity index (χ0n) is 6.61. The highest BCUT2D eigenvalue weighted by molar-refractivity contribution is 5.98. The Balaban J connectivity index is 2.85. The molecule has 1 rings (SSSR count). The van der Waals surface area contributed by atoms with Crippen molar-refractivity contribution in [3.63, 3.8) is 0 Å². The number of nitrogens with zero attached hydrogens (tertiary/aromatic N) is 2. The van der Waals surface area contributed by atoms with Gasteiger partial charge in [-0.05, 0) is 19.1 Å². The Hall–Kier alpha value is -1.38. The molecule has 0 aliphatic heterocycles. The van der Waals surface area contributed by atoms with Gasteiger partial charge in [0.2, 0.25) is 0 Å². The maximum atomic E-state index is 4.63. The van der Waals surface area contributed by atoms with Crippen LogP contribution >= 0.6 is 0 Å². The molecule has 0 atom stereocenters. The smallest absolute Gasteiger partial charge is 0.106 e. The first-order chi connectivity index (χ1) is 5.34. The molecular formula is C8H10N2O. The molecule has 0 aromatic carbocycles. The molecule has 0 amide bonds. The lowest BCUT2D eigenvalue weighted by Crippen LogP contribution is -1.94. The predicted octanol–water partition coefficient (Wildman–Crippen LogP) is 1.45. The van der Waals surface area contributed by atoms with Gasteiger partial charge in [-0.1, -0.05) is 5.16 Å². The van der Waals surface area contributed by atoms with E-state index in [-0.39, 0.29) is 0 Å². The molecule has 11 heavy (non-hydrogen) atoms. The van der Waals surface area contributed by atoms with Crippen molar-refractivity contribution in [3.8, 4) is 0 Å². The molecule has 3 nitrogen and oxygen atoms in total. The first kappa shape index (κ1) is 7.72. The summed E-state index contributed by atoms with van der Waals surface area (Å²) in [4.78, 5) is 8.52. The van der Waals surface area contributed by atoms with Crippen LogP contribution in [0.25, 0.3) is 0 Å². The van der Waals surface area contributed by atoms with Gasteiger partial charge in [0.25, 0.3) is 0 Å². The lowest BCUT2D eigenvalue weighted by atomic mass is 10.2. The molecule has 0 spiro atoms. The summed E-state index contributed by atoms with van der Waals surface area (Å²) in [7, 11) is 1.53. The Bertz CT molecular complexity index is 244. The van der Waals surface area contributed by atoms with Crippen LogP contribution in [0.5, 0.6) is 0 Å². The van der Waals surface area contributed by atoms with E-state index in [2.05, 4.69) is 15.0 Å². The summed E-state index contributed by atoms with van der Waals surface area (Å²) in [6, 6.07) is 3.77. The maximum absolute atomic E-state index is 4.63. The van der Waals surface area contributed by atoms with Gasteiger partial charge in [0.1, 0.15) is 7.11 Å². The van der Waals surface area contributed by atoms with Gasteiger partial charge in [-0.15, -0.1) is 0 Å². The topological polar surface area (TPSA) is 34.5 Å². The van der Waals surface area contributed by atoms with E-state index in [9.17, 15) is 0 Å². The van der Waals surface area contributed by atoms with Crippen molar-refractivity contribution in [3.05, 3.63) is 30.1 Å². The van der Waals surface area contributed by atoms with Gasteiger partial charge in [-0.2, -0.15) is 0 Å². The molecule has 0 aliphatic rings. The lowest BCUT2D eigenvalue weighted by Gasteiger charge is -1.96. The van der Waals surface area contributed by atoms with Gasteiger partial charge in [-0.3, -0.25) is 4.98 Å². The van der Waals surface area contributed by atoms with Crippen LogP contribution in [0.1, 0.15) is 12.5 Å². The summed E-state index contributed by atoms with van der Waals surface area (Å²) in [6.07, 6.45) is 3.45. The first-order valence-electron chi connectivity index (χ1n) is 3.32. The first-order valence-corrected chi connectivity index (χ1v) is 3.32. The number of rotatable bonds is 2. The largest absolute Gasteiger partial charge is 0.399 e. The van der Waals surface area contributed by atoms with Gasteiger partial charge in [0, 0.05) is 18.0 Å². The summed E-state index contributed by atoms with van der Waals surface area (Å²) >= 11 is 0. The SMILES string of the molecule is CO/N=C(/C)c1ccncc1. The van der Waals surface area contributed by atoms with Crippen molar-refractivity contribution in [2.75, 3.05) is 7.11 Å². The Morgan fingerprint density at radius 1 is 1.45 bits per heavy atom. The van der Waals surface area contributed by atoms with Crippen LogP contribution < -0.4 is 0 Å². The Kier molecular flexibility index (Phi) is 2.60. The highest BCUT2D eigenvalue weighted by Crippen LogP contribution is 1.98. The molecule has 0 bridgehead atoms. The normalized spacial score (nSPS) is 11.3. The fourth-order valence-electron chi connectivity index (χ4n) is 0.783. The van der Waals surface area contributed by atoms with Crippen molar-refractivity contribution >= 4 is 5.71 Å². The van der Waals surface area contributed by atoms with E-state index in [4.69, 9.17) is 0 Å². The van der Waals surface area contributed by atoms with Crippen LogP contribution in [0.3, 0.4) is 0 Å². The zero-order chi connectivity index (χ0) is 8.10. The van der Waals surface area contributed by atoms with Crippen LogP contribution in [0.15, 0.2) is 29.7 Å². The average Bonchev–Trinajstić information content (AvgIpc) is 2.07. The summed E-state index contributed by atoms with van der Waals surface area (Å²) in [6.45, 7) is 1.89. The Morgan fingerprint density at radius 2 is 2.09 bits per heavy atom. The van der Waals surface area contributed by atoms with Crippen LogP contribution in [-0.2, 0) is 4.84 Å². The zero-order valence-corrected chi connectivity index (χ0v) is 6.61. The van der Waals surface area contributed by atoms with Crippen LogP contribution in [0.4, 0.5) is 0 Å². The second-order valence-corrected chi connectivity index (χ2v) is 2.10. The number of pyridine rings is 1. The predicted molar refractivity (Wildman–Crippen MR) is 43.5 cm³/mol. The minimum absolute atomic E-state index is 0.856. The number of hydrogen-bond donors (Lipinski definition) is 0. The number of oxime groups is 1. The summed E-state index contributed by atoms with van der Waals surface area (Å²) in [5.41, 5.74) is 1.89. The molecule has 1 aromatic heterocycles. The summed E-state index contributed by atoms with van der Waals surface area (Å²) in [5, 5.41) is 3.78. The number of hydrogen-bond acceptors (Lipinski definition) is 3. The molecule has 1 heterocycles. The molecule has 0 N–H and O–H groups in total. The van der Waals surface area contributed by atoms with Crippen LogP contribution in [0.2, 0.25) is 0 Å². The van der Waals surface area contributed by atoms with Crippen molar-refractivity contribution < 1.29 is 4.84 Å². The van der Waals surface area contributed by atoms with Crippen molar-refractivity contribution in [2.45, 2.75) is 6.92 Å². The molecule has 0 saturated carbocycles. The minimum atomic E-state index is 0.856. The molecule has 1 aromatic rings. The van der Waals surface area contributed by atoms with Gasteiger partial charge in [-0.25, -0.2) is 0 Å². The molecule has 3 heteroatoms. The van der Waals surface area contributed by atoms with E-state index in [0.717, 1.165) is 11.3 Å². The second-order valence-electron chi connectivity index (χ2n) is 2.10. The van der Waals surface area contributed by atoms with Crippen molar-refractivity contribution in [1.82, 2.24) is 4.98 Å². The third-order valence-electron chi connectivity index (χ3n) is 1.33. The van der Waals surface area contributed by atoms with E-state index in [1.807, 2.05) is 19.1 Å². The van der Waals surface area contributed by atoms with Gasteiger partial charge in [0.05, 0.1) is 5.71 Å². The van der Waals surface area contributed by atoms with E-state index < -0.39 is 0 Å². The monoisotopic (exact) mass is 150 g/mol. The quantitative estimate of drug-likeness (QED) is 0.472. The van der Waals surface area contributed by atoms with Crippen LogP contribution in [-0.4, -0.2) is 17.8 Å². The standard InChI is InChI=1S/C8H10N2O/c1-7(10-11-2)8-3-5-9-6-4-8/h3-6H,1-2H3/b10-7-. The maximum Gasteiger partial charge on any atom is 0.106 e. The summed E-state index contributed by atoms with van der Waals surface area (Å²) < 4.78 is 0. The minimum Gasteiger partial charge on any atom is -0.399 e. The fraction of sp³-hybridized carbons (Fsp3) is 0.250. The molecule has 0 fully saturated rings. The molecule has 0 saturated heterocycles. The molecule has 0 radical (unpaired) electrons. The molecule has 58 valence electrons. The van der Waals surface area contributed by atoms with Crippen LogP contribution in [0, 0.1) is 0 Å². The molecular weight excluding hydrogens is 140 g/mol. The number of aromatic nitrogens is 1. The summed E-state index contributed by atoms with van der Waals surface area (Å²) in [5.74, 6) is 0. The van der Waals surface area contributed by atoms with Gasteiger partial charge >= 0.3 is 0 Å². The fourth-order valence-corrected chi connectivity index (χ4v) is 0.783. The molecule has 0 aliphatic carbocycles. The van der Waals surface area contributed by atoms with Crippen molar-refractivity contribution in [1.29, 1.82) is 0 Å². The molecule has 0 unspecified atom stereocenters. The highest BCUT2D eigenvalue weighted by Gasteiger charge is 1.94. The highest BCUT2D eigenvalue weighted by atomic mass is 16.6. The lowest BCUT2D eigenvalue weighted by molar-refractivity contribution is 0.213. The van der Waals surface area contributed by atoms with Crippen molar-refractivity contribution in [2.24, 2.45) is 5.16 Å². The third kappa shape index (κ3) is 2.04.